The highest BCUT2D eigenvalue weighted by Crippen LogP contribution is 2.38. The average Bonchev–Trinajstić information content (AvgIpc) is 3.16. The number of likely N-dealkylation sites (N-methyl/N-ethyl adjacent to an activating group) is 1. The number of guanidine groups is 1. The van der Waals surface area contributed by atoms with Crippen molar-refractivity contribution in [3.8, 4) is 17.2 Å². The van der Waals surface area contributed by atoms with E-state index in [1.165, 1.54) is 0 Å². The van der Waals surface area contributed by atoms with Gasteiger partial charge in [-0.3, -0.25) is 4.68 Å². The molecule has 0 aliphatic heterocycles. The zero-order valence-electron chi connectivity index (χ0n) is 19.4. The van der Waals surface area contributed by atoms with Crippen molar-refractivity contribution in [1.29, 1.82) is 0 Å². The Labute approximate surface area is 202 Å². The number of aryl methyl sites for hydroxylation is 1. The number of aliphatic imine (C=N–C) groups is 1. The summed E-state index contributed by atoms with van der Waals surface area (Å²) in [4.78, 5) is 6.88. The maximum absolute atomic E-state index is 5.43. The van der Waals surface area contributed by atoms with Crippen LogP contribution in [0.2, 0.25) is 0 Å². The van der Waals surface area contributed by atoms with Crippen LogP contribution >= 0.6 is 24.0 Å². The van der Waals surface area contributed by atoms with Gasteiger partial charge in [-0.15, -0.1) is 24.0 Å². The van der Waals surface area contributed by atoms with Gasteiger partial charge in [0.2, 0.25) is 5.75 Å². The van der Waals surface area contributed by atoms with Gasteiger partial charge >= 0.3 is 0 Å². The molecule has 0 fully saturated rings. The molecular formula is C21H35IN6O3. The molecule has 1 aromatic heterocycles. The zero-order valence-corrected chi connectivity index (χ0v) is 21.8. The highest BCUT2D eigenvalue weighted by molar-refractivity contribution is 14.0. The largest absolute Gasteiger partial charge is 0.493 e. The molecule has 0 aliphatic carbocycles. The fourth-order valence-electron chi connectivity index (χ4n) is 3.14. The fraction of sp³-hybridized carbons (Fsp3) is 0.524. The van der Waals surface area contributed by atoms with Gasteiger partial charge in [0.15, 0.2) is 17.5 Å². The Morgan fingerprint density at radius 3 is 2.23 bits per heavy atom. The van der Waals surface area contributed by atoms with Crippen molar-refractivity contribution < 1.29 is 14.2 Å². The van der Waals surface area contributed by atoms with Crippen LogP contribution in [0.4, 0.5) is 0 Å². The maximum Gasteiger partial charge on any atom is 0.203 e. The molecule has 10 heteroatoms. The van der Waals surface area contributed by atoms with E-state index in [1.54, 1.807) is 21.3 Å². The van der Waals surface area contributed by atoms with Gasteiger partial charge in [0.1, 0.15) is 0 Å². The molecule has 1 aromatic carbocycles. The Morgan fingerprint density at radius 2 is 1.77 bits per heavy atom. The molecule has 0 radical (unpaired) electrons. The van der Waals surface area contributed by atoms with E-state index >= 15 is 0 Å². The van der Waals surface area contributed by atoms with E-state index < -0.39 is 0 Å². The van der Waals surface area contributed by atoms with E-state index in [1.807, 2.05) is 43.2 Å². The van der Waals surface area contributed by atoms with Gasteiger partial charge in [-0.25, -0.2) is 4.99 Å². The van der Waals surface area contributed by atoms with Gasteiger partial charge < -0.3 is 29.7 Å². The third-order valence-electron chi connectivity index (χ3n) is 4.68. The highest BCUT2D eigenvalue weighted by atomic mass is 127. The van der Waals surface area contributed by atoms with E-state index in [0.717, 1.165) is 23.6 Å². The van der Waals surface area contributed by atoms with Crippen LogP contribution in [0, 0.1) is 0 Å². The number of nitrogens with one attached hydrogen (secondary N) is 2. The van der Waals surface area contributed by atoms with Gasteiger partial charge in [0, 0.05) is 31.9 Å². The Bertz CT molecular complexity index is 815. The lowest BCUT2D eigenvalue weighted by Crippen LogP contribution is -2.41. The fourth-order valence-corrected chi connectivity index (χ4v) is 3.14. The first kappa shape index (κ1) is 26.8. The molecule has 2 rings (SSSR count). The van der Waals surface area contributed by atoms with E-state index in [2.05, 4.69) is 34.7 Å². The van der Waals surface area contributed by atoms with Crippen LogP contribution in [0.3, 0.4) is 0 Å². The topological polar surface area (TPSA) is 85.2 Å². The van der Waals surface area contributed by atoms with Crippen LogP contribution in [-0.4, -0.2) is 69.2 Å². The van der Waals surface area contributed by atoms with Crippen molar-refractivity contribution >= 4 is 29.9 Å². The van der Waals surface area contributed by atoms with Crippen LogP contribution in [-0.2, 0) is 13.6 Å². The van der Waals surface area contributed by atoms with Crippen molar-refractivity contribution in [2.45, 2.75) is 19.5 Å². The van der Waals surface area contributed by atoms with Crippen LogP contribution in [0.5, 0.6) is 17.2 Å². The molecule has 0 saturated carbocycles. The number of rotatable bonds is 10. The lowest BCUT2D eigenvalue weighted by Gasteiger charge is -2.24. The Hall–Kier alpha value is -2.21. The number of hydrogen-bond donors (Lipinski definition) is 2. The quantitative estimate of drug-likeness (QED) is 0.269. The Morgan fingerprint density at radius 1 is 1.13 bits per heavy atom. The van der Waals surface area contributed by atoms with Crippen LogP contribution < -0.4 is 24.8 Å². The number of ether oxygens (including phenoxy) is 3. The molecule has 1 unspecified atom stereocenters. The summed E-state index contributed by atoms with van der Waals surface area (Å²) in [5, 5.41) is 11.0. The van der Waals surface area contributed by atoms with Crippen LogP contribution in [0.1, 0.15) is 24.1 Å². The molecular weight excluding hydrogens is 511 g/mol. The average molecular weight is 546 g/mol. The second-order valence-electron chi connectivity index (χ2n) is 7.04. The van der Waals surface area contributed by atoms with E-state index in [4.69, 9.17) is 19.2 Å². The zero-order chi connectivity index (χ0) is 22.1. The second-order valence-corrected chi connectivity index (χ2v) is 7.04. The normalized spacial score (nSPS) is 12.2. The minimum Gasteiger partial charge on any atom is -0.493 e. The predicted octanol–water partition coefficient (Wildman–Crippen LogP) is 2.42. The minimum absolute atomic E-state index is 0. The lowest BCUT2D eigenvalue weighted by atomic mass is 10.1. The number of benzene rings is 1. The first-order chi connectivity index (χ1) is 14.4. The molecule has 0 saturated heterocycles. The number of halogens is 1. The minimum atomic E-state index is 0. The van der Waals surface area contributed by atoms with E-state index in [9.17, 15) is 0 Å². The first-order valence-electron chi connectivity index (χ1n) is 9.89. The molecule has 0 spiro atoms. The summed E-state index contributed by atoms with van der Waals surface area (Å²) in [5.41, 5.74) is 2.11. The third kappa shape index (κ3) is 7.46. The number of hydrogen-bond acceptors (Lipinski definition) is 6. The molecule has 0 aliphatic rings. The Balaban J connectivity index is 0.00000480. The smallest absolute Gasteiger partial charge is 0.203 e. The SMILES string of the molecule is CCNC(=NCc1cc(OC)c(OC)c(OC)c1)NCC(c1cnn(C)c1)N(C)C.I. The van der Waals surface area contributed by atoms with Crippen molar-refractivity contribution in [2.75, 3.05) is 48.5 Å². The summed E-state index contributed by atoms with van der Waals surface area (Å²) in [6.07, 6.45) is 3.93. The third-order valence-corrected chi connectivity index (χ3v) is 4.68. The molecule has 1 atom stereocenters. The first-order valence-corrected chi connectivity index (χ1v) is 9.89. The van der Waals surface area contributed by atoms with Crippen molar-refractivity contribution in [3.05, 3.63) is 35.7 Å². The number of nitrogens with zero attached hydrogens (tertiary/aromatic N) is 4. The van der Waals surface area contributed by atoms with Crippen LogP contribution in [0.15, 0.2) is 29.5 Å². The highest BCUT2D eigenvalue weighted by Gasteiger charge is 2.17. The monoisotopic (exact) mass is 546 g/mol. The molecule has 31 heavy (non-hydrogen) atoms. The summed E-state index contributed by atoms with van der Waals surface area (Å²) >= 11 is 0. The van der Waals surface area contributed by atoms with Gasteiger partial charge in [0.25, 0.3) is 0 Å². The van der Waals surface area contributed by atoms with Crippen molar-refractivity contribution in [1.82, 2.24) is 25.3 Å². The van der Waals surface area contributed by atoms with Gasteiger partial charge in [-0.1, -0.05) is 0 Å². The van der Waals surface area contributed by atoms with Gasteiger partial charge in [0.05, 0.1) is 40.1 Å². The molecule has 1 heterocycles. The summed E-state index contributed by atoms with van der Waals surface area (Å²) in [6, 6.07) is 3.99. The summed E-state index contributed by atoms with van der Waals surface area (Å²) < 4.78 is 18.1. The summed E-state index contributed by atoms with van der Waals surface area (Å²) in [5.74, 6) is 2.54. The van der Waals surface area contributed by atoms with E-state index in [0.29, 0.717) is 30.3 Å². The van der Waals surface area contributed by atoms with Crippen LogP contribution in [0.25, 0.3) is 0 Å². The second kappa shape index (κ2) is 13.3. The Kier molecular flexibility index (Phi) is 11.5. The predicted molar refractivity (Wildman–Crippen MR) is 134 cm³/mol. The maximum atomic E-state index is 5.43. The molecule has 0 bridgehead atoms. The molecule has 9 nitrogen and oxygen atoms in total. The molecule has 0 amide bonds. The number of methoxy groups -OCH3 is 3. The summed E-state index contributed by atoms with van der Waals surface area (Å²) in [6.45, 7) is 3.97. The van der Waals surface area contributed by atoms with Gasteiger partial charge in [-0.2, -0.15) is 5.10 Å². The van der Waals surface area contributed by atoms with E-state index in [-0.39, 0.29) is 30.0 Å². The molecule has 2 N–H and O–H groups in total. The number of aromatic nitrogens is 2. The summed E-state index contributed by atoms with van der Waals surface area (Å²) in [7, 11) is 10.8. The molecule has 174 valence electrons. The molecule has 2 aromatic rings. The lowest BCUT2D eigenvalue weighted by molar-refractivity contribution is 0.298. The van der Waals surface area contributed by atoms with Crippen molar-refractivity contribution in [3.63, 3.8) is 0 Å². The van der Waals surface area contributed by atoms with Crippen molar-refractivity contribution in [2.24, 2.45) is 12.0 Å². The standard InChI is InChI=1S/C21H34N6O3.HI/c1-8-22-21(24-13-17(26(2)3)16-12-25-27(4)14-16)23-11-15-9-18(28-5)20(30-7)19(10-15)29-6;/h9-10,12,14,17H,8,11,13H2,1-7H3,(H2,22,23,24);1H. The van der Waals surface area contributed by atoms with Gasteiger partial charge in [-0.05, 0) is 38.7 Å².